The Kier molecular flexibility index (Phi) is 5.25. The molecule has 2 aromatic rings. The van der Waals surface area contributed by atoms with Crippen LogP contribution in [0.4, 0.5) is 5.69 Å². The predicted octanol–water partition coefficient (Wildman–Crippen LogP) is 2.45. The first-order chi connectivity index (χ1) is 10.1. The summed E-state index contributed by atoms with van der Waals surface area (Å²) in [6.07, 6.45) is 1.23. The fraction of sp³-hybridized carbons (Fsp3) is 0.188. The standard InChI is InChI=1S/C16H18N2O2S/c1-21-14-8-4-12(5-9-14)16(20)18-10-15(19)11-2-6-13(17)7-3-11/h2-9,15,19H,10,17H2,1H3,(H,18,20). The first-order valence-electron chi connectivity index (χ1n) is 6.56. The number of amides is 1. The summed E-state index contributed by atoms with van der Waals surface area (Å²) in [6.45, 7) is 0.160. The van der Waals surface area contributed by atoms with Gasteiger partial charge in [0.25, 0.3) is 5.91 Å². The number of thioether (sulfide) groups is 1. The Balaban J connectivity index is 1.92. The van der Waals surface area contributed by atoms with Gasteiger partial charge >= 0.3 is 0 Å². The van der Waals surface area contributed by atoms with Gasteiger partial charge in [-0.15, -0.1) is 11.8 Å². The van der Waals surface area contributed by atoms with Crippen molar-refractivity contribution >= 4 is 23.4 Å². The highest BCUT2D eigenvalue weighted by molar-refractivity contribution is 7.98. The van der Waals surface area contributed by atoms with E-state index in [4.69, 9.17) is 5.73 Å². The Hall–Kier alpha value is -1.98. The highest BCUT2D eigenvalue weighted by Crippen LogP contribution is 2.16. The van der Waals surface area contributed by atoms with E-state index in [1.807, 2.05) is 18.4 Å². The smallest absolute Gasteiger partial charge is 0.251 e. The molecule has 4 nitrogen and oxygen atoms in total. The Labute approximate surface area is 128 Å². The molecule has 0 radical (unpaired) electrons. The van der Waals surface area contributed by atoms with Gasteiger partial charge < -0.3 is 16.2 Å². The van der Waals surface area contributed by atoms with E-state index in [1.54, 1.807) is 48.2 Å². The molecule has 2 aromatic carbocycles. The molecule has 1 atom stereocenters. The van der Waals surface area contributed by atoms with Crippen LogP contribution in [0, 0.1) is 0 Å². The van der Waals surface area contributed by atoms with Gasteiger partial charge in [0, 0.05) is 22.7 Å². The van der Waals surface area contributed by atoms with Crippen molar-refractivity contribution in [1.82, 2.24) is 5.32 Å². The van der Waals surface area contributed by atoms with Crippen molar-refractivity contribution in [3.63, 3.8) is 0 Å². The average Bonchev–Trinajstić information content (AvgIpc) is 2.53. The second-order valence-electron chi connectivity index (χ2n) is 4.62. The number of anilines is 1. The molecule has 0 bridgehead atoms. The lowest BCUT2D eigenvalue weighted by molar-refractivity contribution is 0.0916. The minimum absolute atomic E-state index is 0.160. The van der Waals surface area contributed by atoms with E-state index in [1.165, 1.54) is 0 Å². The SMILES string of the molecule is CSc1ccc(C(=O)NCC(O)c2ccc(N)cc2)cc1. The van der Waals surface area contributed by atoms with Gasteiger partial charge in [0.2, 0.25) is 0 Å². The molecule has 21 heavy (non-hydrogen) atoms. The molecule has 0 saturated heterocycles. The van der Waals surface area contributed by atoms with Crippen LogP contribution in [0.1, 0.15) is 22.0 Å². The second-order valence-corrected chi connectivity index (χ2v) is 5.50. The van der Waals surface area contributed by atoms with Crippen LogP contribution in [0.2, 0.25) is 0 Å². The number of aliphatic hydroxyl groups is 1. The third-order valence-corrected chi connectivity index (χ3v) is 3.87. The number of nitrogens with two attached hydrogens (primary N) is 1. The van der Waals surface area contributed by atoms with Crippen molar-refractivity contribution < 1.29 is 9.90 Å². The fourth-order valence-corrected chi connectivity index (χ4v) is 2.28. The van der Waals surface area contributed by atoms with Crippen molar-refractivity contribution in [2.75, 3.05) is 18.5 Å². The maximum Gasteiger partial charge on any atom is 0.251 e. The van der Waals surface area contributed by atoms with Gasteiger partial charge in [-0.3, -0.25) is 4.79 Å². The van der Waals surface area contributed by atoms with Crippen LogP contribution in [0.15, 0.2) is 53.4 Å². The summed E-state index contributed by atoms with van der Waals surface area (Å²) in [5, 5.41) is 12.8. The van der Waals surface area contributed by atoms with Crippen molar-refractivity contribution in [2.24, 2.45) is 0 Å². The Morgan fingerprint density at radius 3 is 2.38 bits per heavy atom. The summed E-state index contributed by atoms with van der Waals surface area (Å²) in [7, 11) is 0. The van der Waals surface area contributed by atoms with Gasteiger partial charge in [-0.05, 0) is 48.2 Å². The van der Waals surface area contributed by atoms with E-state index in [-0.39, 0.29) is 12.5 Å². The van der Waals surface area contributed by atoms with Crippen LogP contribution in [-0.2, 0) is 0 Å². The Morgan fingerprint density at radius 1 is 1.19 bits per heavy atom. The molecule has 4 N–H and O–H groups in total. The molecule has 0 heterocycles. The molecule has 110 valence electrons. The summed E-state index contributed by atoms with van der Waals surface area (Å²) in [5.41, 5.74) is 7.54. The highest BCUT2D eigenvalue weighted by atomic mass is 32.2. The summed E-state index contributed by atoms with van der Waals surface area (Å²) in [4.78, 5) is 13.1. The lowest BCUT2D eigenvalue weighted by Gasteiger charge is -2.12. The Bertz CT molecular complexity index is 597. The fourth-order valence-electron chi connectivity index (χ4n) is 1.87. The van der Waals surface area contributed by atoms with Gasteiger partial charge in [-0.25, -0.2) is 0 Å². The topological polar surface area (TPSA) is 75.3 Å². The maximum atomic E-state index is 12.0. The van der Waals surface area contributed by atoms with E-state index in [9.17, 15) is 9.90 Å². The van der Waals surface area contributed by atoms with Crippen LogP contribution in [0.3, 0.4) is 0 Å². The van der Waals surface area contributed by atoms with E-state index in [0.29, 0.717) is 11.3 Å². The zero-order valence-electron chi connectivity index (χ0n) is 11.7. The third kappa shape index (κ3) is 4.24. The largest absolute Gasteiger partial charge is 0.399 e. The van der Waals surface area contributed by atoms with E-state index >= 15 is 0 Å². The number of carbonyl (C=O) groups is 1. The van der Waals surface area contributed by atoms with Gasteiger partial charge in [0.05, 0.1) is 6.10 Å². The molecule has 5 heteroatoms. The van der Waals surface area contributed by atoms with Crippen LogP contribution in [-0.4, -0.2) is 23.8 Å². The lowest BCUT2D eigenvalue weighted by Crippen LogP contribution is -2.28. The molecule has 0 aliphatic heterocycles. The van der Waals surface area contributed by atoms with Crippen LogP contribution in [0.5, 0.6) is 0 Å². The lowest BCUT2D eigenvalue weighted by atomic mass is 10.1. The number of nitrogen functional groups attached to an aromatic ring is 1. The van der Waals surface area contributed by atoms with E-state index < -0.39 is 6.10 Å². The molecule has 1 amide bonds. The molecule has 0 fully saturated rings. The predicted molar refractivity (Wildman–Crippen MR) is 86.4 cm³/mol. The van der Waals surface area contributed by atoms with Crippen molar-refractivity contribution in [3.05, 3.63) is 59.7 Å². The summed E-state index contributed by atoms with van der Waals surface area (Å²) in [5.74, 6) is -0.197. The Morgan fingerprint density at radius 2 is 1.81 bits per heavy atom. The monoisotopic (exact) mass is 302 g/mol. The number of benzene rings is 2. The summed E-state index contributed by atoms with van der Waals surface area (Å²) >= 11 is 1.62. The van der Waals surface area contributed by atoms with Gasteiger partial charge in [-0.1, -0.05) is 12.1 Å². The molecule has 0 aromatic heterocycles. The molecule has 0 aliphatic carbocycles. The zero-order valence-corrected chi connectivity index (χ0v) is 12.6. The van der Waals surface area contributed by atoms with Crippen LogP contribution < -0.4 is 11.1 Å². The first kappa shape index (κ1) is 15.4. The molecule has 0 aliphatic rings. The van der Waals surface area contributed by atoms with E-state index in [2.05, 4.69) is 5.32 Å². The number of hydrogen-bond acceptors (Lipinski definition) is 4. The quantitative estimate of drug-likeness (QED) is 0.586. The molecule has 0 spiro atoms. The number of hydrogen-bond donors (Lipinski definition) is 3. The normalized spacial score (nSPS) is 11.9. The third-order valence-electron chi connectivity index (χ3n) is 3.13. The number of rotatable bonds is 5. The minimum Gasteiger partial charge on any atom is -0.399 e. The number of carbonyl (C=O) groups excluding carboxylic acids is 1. The van der Waals surface area contributed by atoms with Crippen LogP contribution in [0.25, 0.3) is 0 Å². The van der Waals surface area contributed by atoms with Gasteiger partial charge in [0.15, 0.2) is 0 Å². The number of nitrogens with one attached hydrogen (secondary N) is 1. The summed E-state index contributed by atoms with van der Waals surface area (Å²) in [6, 6.07) is 14.3. The molecule has 1 unspecified atom stereocenters. The van der Waals surface area contributed by atoms with Crippen LogP contribution >= 0.6 is 11.8 Å². The molecule has 0 saturated carbocycles. The van der Waals surface area contributed by atoms with Gasteiger partial charge in [-0.2, -0.15) is 0 Å². The van der Waals surface area contributed by atoms with Crippen molar-refractivity contribution in [1.29, 1.82) is 0 Å². The van der Waals surface area contributed by atoms with Gasteiger partial charge in [0.1, 0.15) is 0 Å². The number of aliphatic hydroxyl groups excluding tert-OH is 1. The maximum absolute atomic E-state index is 12.0. The minimum atomic E-state index is -0.750. The summed E-state index contributed by atoms with van der Waals surface area (Å²) < 4.78 is 0. The van der Waals surface area contributed by atoms with E-state index in [0.717, 1.165) is 10.5 Å². The molecular weight excluding hydrogens is 284 g/mol. The molecular formula is C16H18N2O2S. The highest BCUT2D eigenvalue weighted by Gasteiger charge is 2.10. The average molecular weight is 302 g/mol. The zero-order chi connectivity index (χ0) is 15.2. The second kappa shape index (κ2) is 7.15. The first-order valence-corrected chi connectivity index (χ1v) is 7.78. The van der Waals surface area contributed by atoms with Crippen molar-refractivity contribution in [2.45, 2.75) is 11.0 Å². The van der Waals surface area contributed by atoms with Crippen molar-refractivity contribution in [3.8, 4) is 0 Å². The molecule has 2 rings (SSSR count).